The van der Waals surface area contributed by atoms with Crippen molar-refractivity contribution in [2.75, 3.05) is 6.61 Å². The minimum Gasteiger partial charge on any atom is -0.493 e. The number of hydrogen-bond donors (Lipinski definition) is 2. The molecule has 1 aromatic heterocycles. The Bertz CT molecular complexity index is 866. The van der Waals surface area contributed by atoms with Crippen molar-refractivity contribution in [2.45, 2.75) is 6.92 Å². The minimum atomic E-state index is -0.532. The maximum Gasteiger partial charge on any atom is 0.302 e. The summed E-state index contributed by atoms with van der Waals surface area (Å²) in [5.74, 6) is -0.0634. The van der Waals surface area contributed by atoms with Gasteiger partial charge in [-0.2, -0.15) is 0 Å². The summed E-state index contributed by atoms with van der Waals surface area (Å²) in [6.07, 6.45) is 0. The lowest BCUT2D eigenvalue weighted by Crippen LogP contribution is -2.07. The molecule has 116 valence electrons. The van der Waals surface area contributed by atoms with E-state index in [1.165, 1.54) is 0 Å². The zero-order valence-corrected chi connectivity index (χ0v) is 12.5. The fraction of sp³-hybridized carbons (Fsp3) is 0.118. The predicted molar refractivity (Wildman–Crippen MR) is 86.2 cm³/mol. The highest BCUT2D eigenvalue weighted by atomic mass is 16.5. The number of carbonyl (C=O) groups excluding carboxylic acids is 1. The second-order valence-corrected chi connectivity index (χ2v) is 5.06. The summed E-state index contributed by atoms with van der Waals surface area (Å²) in [6, 6.07) is 14.6. The first kappa shape index (κ1) is 14.8. The fourth-order valence-corrected chi connectivity index (χ4v) is 2.13. The van der Waals surface area contributed by atoms with Crippen molar-refractivity contribution in [3.63, 3.8) is 0 Å². The quantitative estimate of drug-likeness (QED) is 0.717. The Balaban J connectivity index is 1.68. The van der Waals surface area contributed by atoms with Gasteiger partial charge in [0.25, 0.3) is 0 Å². The lowest BCUT2D eigenvalue weighted by molar-refractivity contribution is -0.120. The molecule has 1 amide bonds. The monoisotopic (exact) mass is 309 g/mol. The summed E-state index contributed by atoms with van der Waals surface area (Å²) in [6.45, 7) is 1.76. The summed E-state index contributed by atoms with van der Waals surface area (Å²) in [5.41, 5.74) is 2.07. The van der Waals surface area contributed by atoms with E-state index in [0.717, 1.165) is 11.1 Å². The van der Waals surface area contributed by atoms with Gasteiger partial charge in [0.1, 0.15) is 5.75 Å². The molecule has 0 unspecified atom stereocenters. The molecule has 2 aromatic carbocycles. The molecule has 3 aromatic rings. The highest BCUT2D eigenvalue weighted by molar-refractivity contribution is 5.94. The molecule has 0 atom stereocenters. The van der Waals surface area contributed by atoms with Gasteiger partial charge in [-0.25, -0.2) is 0 Å². The number of aromatic hydroxyl groups is 1. The van der Waals surface area contributed by atoms with Crippen LogP contribution in [0.15, 0.2) is 58.8 Å². The number of amides is 1. The molecule has 0 saturated heterocycles. The maximum atomic E-state index is 11.7. The minimum absolute atomic E-state index is 0.123. The van der Waals surface area contributed by atoms with Gasteiger partial charge in [-0.05, 0) is 25.1 Å². The lowest BCUT2D eigenvalue weighted by Gasteiger charge is -2.02. The van der Waals surface area contributed by atoms with Crippen LogP contribution in [0.5, 0.6) is 11.6 Å². The van der Waals surface area contributed by atoms with Crippen LogP contribution in [0.1, 0.15) is 5.56 Å². The van der Waals surface area contributed by atoms with Crippen LogP contribution in [-0.4, -0.2) is 22.6 Å². The topological polar surface area (TPSA) is 87.0 Å². The van der Waals surface area contributed by atoms with Gasteiger partial charge in [0.2, 0.25) is 5.88 Å². The summed E-state index contributed by atoms with van der Waals surface area (Å²) in [5, 5.41) is 18.0. The molecule has 23 heavy (non-hydrogen) atoms. The van der Waals surface area contributed by atoms with Gasteiger partial charge in [-0.1, -0.05) is 35.9 Å². The molecule has 0 bridgehead atoms. The Kier molecular flexibility index (Phi) is 4.05. The Morgan fingerprint density at radius 2 is 1.91 bits per heavy atom. The number of para-hydroxylation sites is 1. The SMILES string of the molecule is Cc1ccc(OCC(=O)N=Nc2c(O)[nH]c3ccccc23)cc1. The molecule has 0 saturated carbocycles. The number of aromatic nitrogens is 1. The van der Waals surface area contributed by atoms with Crippen molar-refractivity contribution in [1.29, 1.82) is 0 Å². The highest BCUT2D eigenvalue weighted by Gasteiger charge is 2.10. The Morgan fingerprint density at radius 1 is 1.17 bits per heavy atom. The first-order valence-electron chi connectivity index (χ1n) is 7.07. The average molecular weight is 309 g/mol. The number of ether oxygens (including phenoxy) is 1. The number of carbonyl (C=O) groups is 1. The van der Waals surface area contributed by atoms with Crippen molar-refractivity contribution in [3.05, 3.63) is 54.1 Å². The second kappa shape index (κ2) is 6.31. The van der Waals surface area contributed by atoms with Crippen LogP contribution in [0, 0.1) is 6.92 Å². The molecule has 6 nitrogen and oxygen atoms in total. The van der Waals surface area contributed by atoms with E-state index < -0.39 is 5.91 Å². The number of H-pyrrole nitrogens is 1. The van der Waals surface area contributed by atoms with Crippen LogP contribution < -0.4 is 4.74 Å². The van der Waals surface area contributed by atoms with Gasteiger partial charge in [-0.15, -0.1) is 10.2 Å². The Morgan fingerprint density at radius 3 is 2.70 bits per heavy atom. The van der Waals surface area contributed by atoms with Crippen LogP contribution in [0.4, 0.5) is 5.69 Å². The third-order valence-corrected chi connectivity index (χ3v) is 3.30. The summed E-state index contributed by atoms with van der Waals surface area (Å²) in [4.78, 5) is 14.5. The molecule has 2 N–H and O–H groups in total. The fourth-order valence-electron chi connectivity index (χ4n) is 2.13. The van der Waals surface area contributed by atoms with E-state index in [2.05, 4.69) is 15.2 Å². The molecular weight excluding hydrogens is 294 g/mol. The van der Waals surface area contributed by atoms with Crippen LogP contribution in [0.25, 0.3) is 10.9 Å². The third-order valence-electron chi connectivity index (χ3n) is 3.30. The number of aromatic amines is 1. The van der Waals surface area contributed by atoms with Crippen molar-refractivity contribution >= 4 is 22.5 Å². The summed E-state index contributed by atoms with van der Waals surface area (Å²) in [7, 11) is 0. The molecular formula is C17H15N3O3. The molecule has 0 aliphatic heterocycles. The average Bonchev–Trinajstić information content (AvgIpc) is 2.87. The van der Waals surface area contributed by atoms with E-state index in [4.69, 9.17) is 4.74 Å². The number of aryl methyl sites for hydroxylation is 1. The summed E-state index contributed by atoms with van der Waals surface area (Å²) >= 11 is 0. The number of benzene rings is 2. The molecule has 0 radical (unpaired) electrons. The van der Waals surface area contributed by atoms with Crippen LogP contribution >= 0.6 is 0 Å². The van der Waals surface area contributed by atoms with E-state index in [1.54, 1.807) is 24.3 Å². The molecule has 0 aliphatic rings. The van der Waals surface area contributed by atoms with E-state index in [0.29, 0.717) is 11.1 Å². The van der Waals surface area contributed by atoms with Crippen molar-refractivity contribution in [3.8, 4) is 11.6 Å². The van der Waals surface area contributed by atoms with E-state index in [-0.39, 0.29) is 18.2 Å². The number of rotatable bonds is 4. The first-order chi connectivity index (χ1) is 11.1. The van der Waals surface area contributed by atoms with Crippen LogP contribution in [-0.2, 0) is 4.79 Å². The molecule has 1 heterocycles. The van der Waals surface area contributed by atoms with Crippen molar-refractivity contribution in [1.82, 2.24) is 4.98 Å². The Labute approximate surface area is 132 Å². The maximum absolute atomic E-state index is 11.7. The number of nitrogens with one attached hydrogen (secondary N) is 1. The molecule has 6 heteroatoms. The lowest BCUT2D eigenvalue weighted by atomic mass is 10.2. The highest BCUT2D eigenvalue weighted by Crippen LogP contribution is 2.35. The van der Waals surface area contributed by atoms with Gasteiger partial charge in [0.15, 0.2) is 12.3 Å². The molecule has 0 spiro atoms. The standard InChI is InChI=1S/C17H15N3O3/c1-11-6-8-12(9-7-11)23-10-15(21)19-20-16-13-4-2-3-5-14(13)18-17(16)22/h2-9,18,22H,10H2,1H3. The summed E-state index contributed by atoms with van der Waals surface area (Å²) < 4.78 is 5.34. The second-order valence-electron chi connectivity index (χ2n) is 5.06. The normalized spacial score (nSPS) is 11.2. The largest absolute Gasteiger partial charge is 0.493 e. The number of fused-ring (bicyclic) bond motifs is 1. The van der Waals surface area contributed by atoms with E-state index in [9.17, 15) is 9.90 Å². The van der Waals surface area contributed by atoms with E-state index in [1.807, 2.05) is 31.2 Å². The molecule has 0 fully saturated rings. The van der Waals surface area contributed by atoms with Crippen molar-refractivity contribution < 1.29 is 14.6 Å². The van der Waals surface area contributed by atoms with E-state index >= 15 is 0 Å². The smallest absolute Gasteiger partial charge is 0.302 e. The van der Waals surface area contributed by atoms with Crippen LogP contribution in [0.2, 0.25) is 0 Å². The van der Waals surface area contributed by atoms with Gasteiger partial charge >= 0.3 is 5.91 Å². The zero-order valence-electron chi connectivity index (χ0n) is 12.5. The first-order valence-corrected chi connectivity index (χ1v) is 7.07. The van der Waals surface area contributed by atoms with Gasteiger partial charge in [-0.3, -0.25) is 4.79 Å². The number of azo groups is 1. The van der Waals surface area contributed by atoms with Crippen LogP contribution in [0.3, 0.4) is 0 Å². The van der Waals surface area contributed by atoms with Gasteiger partial charge < -0.3 is 14.8 Å². The van der Waals surface area contributed by atoms with Gasteiger partial charge in [0, 0.05) is 5.39 Å². The number of hydrogen-bond acceptors (Lipinski definition) is 4. The predicted octanol–water partition coefficient (Wildman–Crippen LogP) is 3.87. The zero-order chi connectivity index (χ0) is 16.2. The molecule has 3 rings (SSSR count). The molecule has 0 aliphatic carbocycles. The van der Waals surface area contributed by atoms with Crippen molar-refractivity contribution in [2.24, 2.45) is 10.2 Å². The number of nitrogens with zero attached hydrogens (tertiary/aromatic N) is 2. The van der Waals surface area contributed by atoms with Gasteiger partial charge in [0.05, 0.1) is 5.52 Å². The Hall–Kier alpha value is -3.15. The third kappa shape index (κ3) is 3.37.